The lowest BCUT2D eigenvalue weighted by molar-refractivity contribution is -0.133. The molecule has 122 valence electrons. The van der Waals surface area contributed by atoms with Crippen LogP contribution in [0.25, 0.3) is 0 Å². The molecule has 0 radical (unpaired) electrons. The fourth-order valence-corrected chi connectivity index (χ4v) is 4.20. The van der Waals surface area contributed by atoms with Crippen molar-refractivity contribution in [1.29, 1.82) is 0 Å². The minimum absolute atomic E-state index is 0.0372. The molecule has 1 heterocycles. The highest BCUT2D eigenvalue weighted by molar-refractivity contribution is 5.85. The molecule has 4 atom stereocenters. The Hall–Kier alpha value is -0.570. The summed E-state index contributed by atoms with van der Waals surface area (Å²) < 4.78 is 0. The maximum atomic E-state index is 13.0. The number of rotatable bonds is 6. The number of hydrogen-bond donors (Lipinski definition) is 1. The van der Waals surface area contributed by atoms with Crippen LogP contribution in [-0.2, 0) is 4.79 Å². The van der Waals surface area contributed by atoms with Crippen molar-refractivity contribution in [1.82, 2.24) is 10.2 Å². The van der Waals surface area contributed by atoms with Gasteiger partial charge in [-0.2, -0.15) is 0 Å². The molecule has 0 aromatic heterocycles. The number of nitrogens with one attached hydrogen (secondary N) is 1. The molecule has 1 amide bonds. The molecule has 2 fully saturated rings. The molecular weight excluding hydrogens is 260 g/mol. The third-order valence-electron chi connectivity index (χ3n) is 5.52. The van der Waals surface area contributed by atoms with Crippen molar-refractivity contribution in [2.75, 3.05) is 0 Å². The molecule has 1 aliphatic heterocycles. The van der Waals surface area contributed by atoms with Crippen molar-refractivity contribution in [3.8, 4) is 0 Å². The van der Waals surface area contributed by atoms with Crippen molar-refractivity contribution < 1.29 is 4.79 Å². The Morgan fingerprint density at radius 3 is 2.33 bits per heavy atom. The van der Waals surface area contributed by atoms with Gasteiger partial charge in [-0.25, -0.2) is 0 Å². The molecule has 0 aromatic carbocycles. The van der Waals surface area contributed by atoms with Gasteiger partial charge < -0.3 is 4.90 Å². The second kappa shape index (κ2) is 7.13. The lowest BCUT2D eigenvalue weighted by Crippen LogP contribution is -2.47. The van der Waals surface area contributed by atoms with E-state index in [0.717, 1.165) is 12.8 Å². The smallest absolute Gasteiger partial charge is 0.241 e. The molecule has 2 aliphatic rings. The number of carbonyl (C=O) groups excluding carboxylic acids is 1. The predicted octanol–water partition coefficient (Wildman–Crippen LogP) is 3.78. The number of nitrogens with zero attached hydrogens (tertiary/aromatic N) is 1. The molecule has 3 nitrogen and oxygen atoms in total. The van der Waals surface area contributed by atoms with Crippen LogP contribution in [0.3, 0.4) is 0 Å². The lowest BCUT2D eigenvalue weighted by Gasteiger charge is -2.34. The molecule has 1 N–H and O–H groups in total. The molecule has 0 spiro atoms. The van der Waals surface area contributed by atoms with Crippen LogP contribution in [0.5, 0.6) is 0 Å². The average Bonchev–Trinajstić information content (AvgIpc) is 3.04. The first-order chi connectivity index (χ1) is 9.95. The molecular formula is C18H34N2O. The summed E-state index contributed by atoms with van der Waals surface area (Å²) in [5, 5.41) is 3.71. The summed E-state index contributed by atoms with van der Waals surface area (Å²) in [6, 6.07) is 0.389. The van der Waals surface area contributed by atoms with E-state index in [1.54, 1.807) is 0 Å². The monoisotopic (exact) mass is 294 g/mol. The first kappa shape index (κ1) is 16.8. The van der Waals surface area contributed by atoms with Crippen molar-refractivity contribution >= 4 is 5.91 Å². The molecule has 1 aliphatic carbocycles. The zero-order valence-corrected chi connectivity index (χ0v) is 14.6. The normalized spacial score (nSPS) is 30.4. The minimum Gasteiger partial charge on any atom is -0.323 e. The zero-order chi connectivity index (χ0) is 15.6. The predicted molar refractivity (Wildman–Crippen MR) is 87.9 cm³/mol. The largest absolute Gasteiger partial charge is 0.323 e. The van der Waals surface area contributed by atoms with Gasteiger partial charge in [0.1, 0.15) is 0 Å². The summed E-state index contributed by atoms with van der Waals surface area (Å²) >= 11 is 0. The Labute approximate surface area is 130 Å². The third-order valence-corrected chi connectivity index (χ3v) is 5.52. The summed E-state index contributed by atoms with van der Waals surface area (Å²) in [6.45, 7) is 11.1. The first-order valence-corrected chi connectivity index (χ1v) is 9.03. The van der Waals surface area contributed by atoms with Gasteiger partial charge in [0.25, 0.3) is 0 Å². The molecule has 1 saturated carbocycles. The van der Waals surface area contributed by atoms with Crippen molar-refractivity contribution in [2.24, 2.45) is 17.8 Å². The summed E-state index contributed by atoms with van der Waals surface area (Å²) in [4.78, 5) is 15.2. The number of carbonyl (C=O) groups is 1. The Balaban J connectivity index is 2.16. The molecule has 0 aromatic rings. The van der Waals surface area contributed by atoms with E-state index in [4.69, 9.17) is 0 Å². The second-order valence-electron chi connectivity index (χ2n) is 7.74. The van der Waals surface area contributed by atoms with Gasteiger partial charge in [0, 0.05) is 6.04 Å². The summed E-state index contributed by atoms with van der Waals surface area (Å²) in [5.74, 6) is 2.09. The highest BCUT2D eigenvalue weighted by Crippen LogP contribution is 2.35. The van der Waals surface area contributed by atoms with Gasteiger partial charge in [-0.1, -0.05) is 47.0 Å². The van der Waals surface area contributed by atoms with Gasteiger partial charge in [0.05, 0.1) is 12.2 Å². The number of amides is 1. The summed E-state index contributed by atoms with van der Waals surface area (Å²) in [6.07, 6.45) is 7.67. The van der Waals surface area contributed by atoms with Gasteiger partial charge in [-0.05, 0) is 43.9 Å². The third kappa shape index (κ3) is 3.61. The van der Waals surface area contributed by atoms with Gasteiger partial charge >= 0.3 is 0 Å². The lowest BCUT2D eigenvalue weighted by atomic mass is 9.98. The maximum absolute atomic E-state index is 13.0. The van der Waals surface area contributed by atoms with Crippen LogP contribution in [0, 0.1) is 17.8 Å². The van der Waals surface area contributed by atoms with E-state index in [1.165, 1.54) is 25.7 Å². The standard InChI is InChI=1S/C18H34N2O/c1-6-13(4)16-18(21)20(14(5)11-12(2)3)17(19-16)15-9-7-8-10-15/h12-17,19H,6-11H2,1-5H3. The summed E-state index contributed by atoms with van der Waals surface area (Å²) in [7, 11) is 0. The minimum atomic E-state index is 0.0372. The van der Waals surface area contributed by atoms with Crippen LogP contribution in [0.15, 0.2) is 0 Å². The van der Waals surface area contributed by atoms with Crippen molar-refractivity contribution in [3.63, 3.8) is 0 Å². The average molecular weight is 294 g/mol. The van der Waals surface area contributed by atoms with E-state index in [9.17, 15) is 4.79 Å². The van der Waals surface area contributed by atoms with E-state index < -0.39 is 0 Å². The summed E-state index contributed by atoms with van der Waals surface area (Å²) in [5.41, 5.74) is 0. The van der Waals surface area contributed by atoms with Gasteiger partial charge in [-0.15, -0.1) is 0 Å². The Morgan fingerprint density at radius 1 is 1.19 bits per heavy atom. The molecule has 0 bridgehead atoms. The maximum Gasteiger partial charge on any atom is 0.241 e. The first-order valence-electron chi connectivity index (χ1n) is 9.03. The molecule has 2 rings (SSSR count). The van der Waals surface area contributed by atoms with Crippen molar-refractivity contribution in [3.05, 3.63) is 0 Å². The van der Waals surface area contributed by atoms with Gasteiger partial charge in [0.2, 0.25) is 5.91 Å². The Morgan fingerprint density at radius 2 is 1.81 bits per heavy atom. The van der Waals surface area contributed by atoms with Crippen LogP contribution in [0.4, 0.5) is 0 Å². The fraction of sp³-hybridized carbons (Fsp3) is 0.944. The van der Waals surface area contributed by atoms with Crippen LogP contribution in [0.1, 0.15) is 73.1 Å². The van der Waals surface area contributed by atoms with Gasteiger partial charge in [-0.3, -0.25) is 10.1 Å². The van der Waals surface area contributed by atoms with E-state index in [2.05, 4.69) is 44.8 Å². The van der Waals surface area contributed by atoms with E-state index in [1.807, 2.05) is 0 Å². The molecule has 1 saturated heterocycles. The SMILES string of the molecule is CCC(C)C1NC(C2CCCC2)N(C(C)CC(C)C)C1=O. The molecule has 3 heteroatoms. The van der Waals surface area contributed by atoms with E-state index >= 15 is 0 Å². The van der Waals surface area contributed by atoms with E-state index in [0.29, 0.717) is 29.7 Å². The number of hydrogen-bond acceptors (Lipinski definition) is 2. The van der Waals surface area contributed by atoms with Crippen LogP contribution in [0.2, 0.25) is 0 Å². The second-order valence-corrected chi connectivity index (χ2v) is 7.74. The molecule has 21 heavy (non-hydrogen) atoms. The topological polar surface area (TPSA) is 32.3 Å². The quantitative estimate of drug-likeness (QED) is 0.808. The van der Waals surface area contributed by atoms with Crippen LogP contribution < -0.4 is 5.32 Å². The van der Waals surface area contributed by atoms with E-state index in [-0.39, 0.29) is 12.2 Å². The molecule has 4 unspecified atom stereocenters. The van der Waals surface area contributed by atoms with Crippen LogP contribution in [-0.4, -0.2) is 29.1 Å². The Kier molecular flexibility index (Phi) is 5.70. The zero-order valence-electron chi connectivity index (χ0n) is 14.6. The van der Waals surface area contributed by atoms with Gasteiger partial charge in [0.15, 0.2) is 0 Å². The Bertz CT molecular complexity index is 349. The fourth-order valence-electron chi connectivity index (χ4n) is 4.20. The van der Waals surface area contributed by atoms with Crippen molar-refractivity contribution in [2.45, 2.75) is 91.4 Å². The highest BCUT2D eigenvalue weighted by atomic mass is 16.2. The highest BCUT2D eigenvalue weighted by Gasteiger charge is 2.46. The van der Waals surface area contributed by atoms with Crippen LogP contribution >= 0.6 is 0 Å².